The molecule has 0 fully saturated rings. The number of rotatable bonds is 5. The first-order chi connectivity index (χ1) is 13.9. The van der Waals surface area contributed by atoms with Crippen molar-refractivity contribution in [1.82, 2.24) is 15.0 Å². The second-order valence-electron chi connectivity index (χ2n) is 6.72. The van der Waals surface area contributed by atoms with Gasteiger partial charge in [-0.25, -0.2) is 4.98 Å². The first-order valence-corrected chi connectivity index (χ1v) is 8.95. The summed E-state index contributed by atoms with van der Waals surface area (Å²) in [7, 11) is 0. The van der Waals surface area contributed by atoms with E-state index < -0.39 is 11.7 Å². The van der Waals surface area contributed by atoms with E-state index in [2.05, 4.69) is 15.0 Å². The number of carbonyl (C=O) groups is 1. The van der Waals surface area contributed by atoms with E-state index in [1.165, 1.54) is 12.1 Å². The number of pyridine rings is 2. The molecule has 0 aliphatic heterocycles. The van der Waals surface area contributed by atoms with Crippen molar-refractivity contribution in [3.05, 3.63) is 95.1 Å². The first-order valence-electron chi connectivity index (χ1n) is 8.95. The molecule has 1 aromatic carbocycles. The van der Waals surface area contributed by atoms with Crippen LogP contribution in [0.15, 0.2) is 67.1 Å². The predicted molar refractivity (Wildman–Crippen MR) is 103 cm³/mol. The van der Waals surface area contributed by atoms with Gasteiger partial charge in [-0.3, -0.25) is 9.78 Å². The SMILES string of the molecule is O=C(Cc1ccc(Cc2c[nH]c3ncccc23)cn1)c1ccc(C(F)(F)F)cc1. The number of benzene rings is 1. The number of ketones is 1. The molecule has 0 radical (unpaired) electrons. The van der Waals surface area contributed by atoms with E-state index >= 15 is 0 Å². The van der Waals surface area contributed by atoms with Crippen molar-refractivity contribution < 1.29 is 18.0 Å². The zero-order valence-corrected chi connectivity index (χ0v) is 15.2. The molecule has 4 rings (SSSR count). The number of fused-ring (bicyclic) bond motifs is 1. The zero-order valence-electron chi connectivity index (χ0n) is 15.2. The Morgan fingerprint density at radius 1 is 1.00 bits per heavy atom. The van der Waals surface area contributed by atoms with Gasteiger partial charge in [-0.15, -0.1) is 0 Å². The standard InChI is InChI=1S/C22H16F3N3O/c23-22(24,25)17-6-4-15(5-7-17)20(29)11-18-8-3-14(12-27-18)10-16-13-28-21-19(16)2-1-9-26-21/h1-9,12-13H,10-11H2,(H,26,28). The van der Waals surface area contributed by atoms with Crippen LogP contribution in [0, 0.1) is 0 Å². The molecule has 7 heteroatoms. The van der Waals surface area contributed by atoms with Crippen molar-refractivity contribution in [2.75, 3.05) is 0 Å². The van der Waals surface area contributed by atoms with Crippen LogP contribution in [0.1, 0.15) is 32.7 Å². The fraction of sp³-hybridized carbons (Fsp3) is 0.136. The van der Waals surface area contributed by atoms with Gasteiger partial charge in [0.15, 0.2) is 5.78 Å². The molecule has 4 nitrogen and oxygen atoms in total. The number of aromatic amines is 1. The Labute approximate surface area is 164 Å². The Bertz CT molecular complexity index is 1150. The molecule has 146 valence electrons. The number of Topliss-reactive ketones (excluding diaryl/α,β-unsaturated/α-hetero) is 1. The normalized spacial score (nSPS) is 11.7. The molecule has 3 heterocycles. The molecule has 0 aliphatic carbocycles. The summed E-state index contributed by atoms with van der Waals surface area (Å²) < 4.78 is 37.9. The molecule has 29 heavy (non-hydrogen) atoms. The fourth-order valence-electron chi connectivity index (χ4n) is 3.15. The van der Waals surface area contributed by atoms with Crippen LogP contribution in [0.3, 0.4) is 0 Å². The van der Waals surface area contributed by atoms with E-state index in [1.54, 1.807) is 18.5 Å². The molecular formula is C22H16F3N3O. The Morgan fingerprint density at radius 2 is 1.79 bits per heavy atom. The predicted octanol–water partition coefficient (Wildman–Crippen LogP) is 4.99. The monoisotopic (exact) mass is 395 g/mol. The molecule has 0 aliphatic rings. The lowest BCUT2D eigenvalue weighted by Crippen LogP contribution is -2.08. The second kappa shape index (κ2) is 7.50. The van der Waals surface area contributed by atoms with Gasteiger partial charge in [0, 0.05) is 41.7 Å². The van der Waals surface area contributed by atoms with Gasteiger partial charge in [0.05, 0.1) is 12.0 Å². The van der Waals surface area contributed by atoms with Crippen LogP contribution in [0.25, 0.3) is 11.0 Å². The third-order valence-electron chi connectivity index (χ3n) is 4.69. The highest BCUT2D eigenvalue weighted by Gasteiger charge is 2.30. The topological polar surface area (TPSA) is 58.6 Å². The van der Waals surface area contributed by atoms with Crippen LogP contribution in [-0.4, -0.2) is 20.7 Å². The maximum atomic E-state index is 12.6. The van der Waals surface area contributed by atoms with E-state index in [0.717, 1.165) is 34.3 Å². The molecular weight excluding hydrogens is 379 g/mol. The van der Waals surface area contributed by atoms with Gasteiger partial charge in [-0.2, -0.15) is 13.2 Å². The number of alkyl halides is 3. The number of H-pyrrole nitrogens is 1. The number of carbonyl (C=O) groups excluding carboxylic acids is 1. The minimum Gasteiger partial charge on any atom is -0.346 e. The molecule has 0 bridgehead atoms. The van der Waals surface area contributed by atoms with E-state index in [0.29, 0.717) is 12.1 Å². The van der Waals surface area contributed by atoms with Crippen molar-refractivity contribution in [2.24, 2.45) is 0 Å². The minimum absolute atomic E-state index is 0.0304. The van der Waals surface area contributed by atoms with Gasteiger partial charge in [-0.05, 0) is 41.5 Å². The molecule has 0 saturated carbocycles. The Balaban J connectivity index is 1.43. The minimum atomic E-state index is -4.42. The van der Waals surface area contributed by atoms with Crippen molar-refractivity contribution >= 4 is 16.8 Å². The summed E-state index contributed by atoms with van der Waals surface area (Å²) in [6.07, 6.45) is 1.64. The number of halogens is 3. The molecule has 0 atom stereocenters. The third-order valence-corrected chi connectivity index (χ3v) is 4.69. The molecule has 0 amide bonds. The van der Waals surface area contributed by atoms with Crippen LogP contribution in [0.4, 0.5) is 13.2 Å². The average molecular weight is 395 g/mol. The molecule has 4 aromatic rings. The first kappa shape index (κ1) is 18.9. The number of hydrogen-bond donors (Lipinski definition) is 1. The van der Waals surface area contributed by atoms with E-state index in [-0.39, 0.29) is 17.8 Å². The Morgan fingerprint density at radius 3 is 2.48 bits per heavy atom. The summed E-state index contributed by atoms with van der Waals surface area (Å²) in [5.74, 6) is -0.276. The summed E-state index contributed by atoms with van der Waals surface area (Å²) in [6, 6.07) is 11.8. The highest BCUT2D eigenvalue weighted by atomic mass is 19.4. The van der Waals surface area contributed by atoms with Crippen LogP contribution >= 0.6 is 0 Å². The van der Waals surface area contributed by atoms with Crippen molar-refractivity contribution in [3.63, 3.8) is 0 Å². The van der Waals surface area contributed by atoms with Crippen LogP contribution in [-0.2, 0) is 19.0 Å². The van der Waals surface area contributed by atoms with Crippen molar-refractivity contribution in [3.8, 4) is 0 Å². The van der Waals surface area contributed by atoms with Gasteiger partial charge < -0.3 is 4.98 Å². The van der Waals surface area contributed by atoms with Crippen LogP contribution < -0.4 is 0 Å². The summed E-state index contributed by atoms with van der Waals surface area (Å²) in [5, 5.41) is 1.05. The van der Waals surface area contributed by atoms with Crippen LogP contribution in [0.2, 0.25) is 0 Å². The summed E-state index contributed by atoms with van der Waals surface area (Å²) in [6.45, 7) is 0. The summed E-state index contributed by atoms with van der Waals surface area (Å²) in [4.78, 5) is 24.1. The largest absolute Gasteiger partial charge is 0.416 e. The van der Waals surface area contributed by atoms with Gasteiger partial charge in [0.2, 0.25) is 0 Å². The van der Waals surface area contributed by atoms with E-state index in [1.807, 2.05) is 24.4 Å². The number of nitrogens with zero attached hydrogens (tertiary/aromatic N) is 2. The molecule has 0 unspecified atom stereocenters. The smallest absolute Gasteiger partial charge is 0.346 e. The molecule has 0 saturated heterocycles. The lowest BCUT2D eigenvalue weighted by Gasteiger charge is -2.07. The number of nitrogens with one attached hydrogen (secondary N) is 1. The number of aromatic nitrogens is 3. The zero-order chi connectivity index (χ0) is 20.4. The number of hydrogen-bond acceptors (Lipinski definition) is 3. The molecule has 1 N–H and O–H groups in total. The van der Waals surface area contributed by atoms with Gasteiger partial charge in [0.25, 0.3) is 0 Å². The maximum Gasteiger partial charge on any atom is 0.416 e. The Hall–Kier alpha value is -3.48. The third kappa shape index (κ3) is 4.18. The summed E-state index contributed by atoms with van der Waals surface area (Å²) >= 11 is 0. The van der Waals surface area contributed by atoms with Crippen LogP contribution in [0.5, 0.6) is 0 Å². The van der Waals surface area contributed by atoms with E-state index in [4.69, 9.17) is 0 Å². The lowest BCUT2D eigenvalue weighted by atomic mass is 10.0. The lowest BCUT2D eigenvalue weighted by molar-refractivity contribution is -0.137. The molecule has 0 spiro atoms. The average Bonchev–Trinajstić information content (AvgIpc) is 3.12. The van der Waals surface area contributed by atoms with Crippen molar-refractivity contribution in [1.29, 1.82) is 0 Å². The highest BCUT2D eigenvalue weighted by Crippen LogP contribution is 2.29. The van der Waals surface area contributed by atoms with Gasteiger partial charge >= 0.3 is 6.18 Å². The Kier molecular flexibility index (Phi) is 4.88. The quantitative estimate of drug-likeness (QED) is 0.484. The second-order valence-corrected chi connectivity index (χ2v) is 6.72. The summed E-state index contributed by atoms with van der Waals surface area (Å²) in [5.41, 5.74) is 2.94. The van der Waals surface area contributed by atoms with E-state index in [9.17, 15) is 18.0 Å². The van der Waals surface area contributed by atoms with Gasteiger partial charge in [-0.1, -0.05) is 18.2 Å². The highest BCUT2D eigenvalue weighted by molar-refractivity contribution is 5.97. The van der Waals surface area contributed by atoms with Gasteiger partial charge in [0.1, 0.15) is 5.65 Å². The van der Waals surface area contributed by atoms with Crippen molar-refractivity contribution in [2.45, 2.75) is 19.0 Å². The molecule has 3 aromatic heterocycles. The maximum absolute atomic E-state index is 12.6. The fourth-order valence-corrected chi connectivity index (χ4v) is 3.15.